The van der Waals surface area contributed by atoms with Crippen molar-refractivity contribution in [1.29, 1.82) is 0 Å². The zero-order valence-electron chi connectivity index (χ0n) is 11.3. The molecule has 1 N–H and O–H groups in total. The summed E-state index contributed by atoms with van der Waals surface area (Å²) in [4.78, 5) is 0. The van der Waals surface area contributed by atoms with Crippen molar-refractivity contribution < 1.29 is 9.47 Å². The third-order valence-corrected chi connectivity index (χ3v) is 3.87. The fraction of sp³-hybridized carbons (Fsp3) is 0.250. The molecule has 0 unspecified atom stereocenters. The first-order valence-electron chi connectivity index (χ1n) is 6.61. The van der Waals surface area contributed by atoms with Gasteiger partial charge in [-0.05, 0) is 52.2 Å². The van der Waals surface area contributed by atoms with Crippen LogP contribution in [-0.2, 0) is 6.54 Å². The van der Waals surface area contributed by atoms with Crippen molar-refractivity contribution in [3.8, 4) is 11.5 Å². The van der Waals surface area contributed by atoms with Crippen molar-refractivity contribution in [2.24, 2.45) is 0 Å². The van der Waals surface area contributed by atoms with Crippen molar-refractivity contribution in [3.05, 3.63) is 52.0 Å². The number of ether oxygens (including phenoxy) is 2. The topological polar surface area (TPSA) is 30.5 Å². The summed E-state index contributed by atoms with van der Waals surface area (Å²) in [6, 6.07) is 12.4. The van der Waals surface area contributed by atoms with E-state index < -0.39 is 0 Å². The van der Waals surface area contributed by atoms with Crippen LogP contribution < -0.4 is 14.8 Å². The summed E-state index contributed by atoms with van der Waals surface area (Å²) in [6.45, 7) is 4.06. The molecule has 1 aliphatic rings. The summed E-state index contributed by atoms with van der Waals surface area (Å²) in [5.41, 5.74) is 3.55. The van der Waals surface area contributed by atoms with Gasteiger partial charge in [-0.2, -0.15) is 0 Å². The van der Waals surface area contributed by atoms with Gasteiger partial charge in [0, 0.05) is 12.2 Å². The Hall–Kier alpha value is -1.68. The molecule has 0 atom stereocenters. The van der Waals surface area contributed by atoms with Crippen LogP contribution in [0, 0.1) is 6.92 Å². The van der Waals surface area contributed by atoms with Gasteiger partial charge in [0.05, 0.1) is 4.47 Å². The third kappa shape index (κ3) is 2.75. The van der Waals surface area contributed by atoms with Gasteiger partial charge in [0.15, 0.2) is 11.5 Å². The van der Waals surface area contributed by atoms with Crippen LogP contribution in [0.2, 0.25) is 0 Å². The van der Waals surface area contributed by atoms with E-state index in [2.05, 4.69) is 46.4 Å². The predicted molar refractivity (Wildman–Crippen MR) is 83.6 cm³/mol. The second kappa shape index (κ2) is 5.75. The molecule has 0 fully saturated rings. The molecule has 1 heterocycles. The first-order chi connectivity index (χ1) is 9.74. The number of nitrogens with one attached hydrogen (secondary N) is 1. The number of hydrogen-bond donors (Lipinski definition) is 1. The average molecular weight is 334 g/mol. The smallest absolute Gasteiger partial charge is 0.175 e. The van der Waals surface area contributed by atoms with Crippen molar-refractivity contribution in [2.75, 3.05) is 18.5 Å². The molecule has 3 nitrogen and oxygen atoms in total. The second-order valence-electron chi connectivity index (χ2n) is 4.77. The van der Waals surface area contributed by atoms with E-state index in [4.69, 9.17) is 9.47 Å². The SMILES string of the molecule is Cc1ccccc1NCc1cc(Br)c2c(c1)OCCO2. The number of fused-ring (bicyclic) bond motifs is 1. The summed E-state index contributed by atoms with van der Waals surface area (Å²) < 4.78 is 12.2. The Morgan fingerprint density at radius 3 is 2.80 bits per heavy atom. The van der Waals surface area contributed by atoms with Crippen molar-refractivity contribution in [1.82, 2.24) is 0 Å². The Morgan fingerprint density at radius 2 is 1.95 bits per heavy atom. The van der Waals surface area contributed by atoms with E-state index in [1.165, 1.54) is 5.56 Å². The minimum absolute atomic E-state index is 0.604. The number of hydrogen-bond acceptors (Lipinski definition) is 3. The molecule has 0 aromatic heterocycles. The molecular weight excluding hydrogens is 318 g/mol. The zero-order valence-corrected chi connectivity index (χ0v) is 12.9. The minimum atomic E-state index is 0.604. The standard InChI is InChI=1S/C16H16BrNO2/c1-11-4-2-3-5-14(11)18-10-12-8-13(17)16-15(9-12)19-6-7-20-16/h2-5,8-9,18H,6-7,10H2,1H3. The van der Waals surface area contributed by atoms with Gasteiger partial charge >= 0.3 is 0 Å². The fourth-order valence-electron chi connectivity index (χ4n) is 2.23. The Labute approximate surface area is 127 Å². The van der Waals surface area contributed by atoms with Crippen LogP contribution in [0.15, 0.2) is 40.9 Å². The fourth-order valence-corrected chi connectivity index (χ4v) is 2.84. The Morgan fingerprint density at radius 1 is 1.15 bits per heavy atom. The van der Waals surface area contributed by atoms with Crippen LogP contribution >= 0.6 is 15.9 Å². The molecule has 20 heavy (non-hydrogen) atoms. The highest BCUT2D eigenvalue weighted by Crippen LogP contribution is 2.38. The largest absolute Gasteiger partial charge is 0.486 e. The van der Waals surface area contributed by atoms with E-state index >= 15 is 0 Å². The monoisotopic (exact) mass is 333 g/mol. The van der Waals surface area contributed by atoms with Gasteiger partial charge < -0.3 is 14.8 Å². The summed E-state index contributed by atoms with van der Waals surface area (Å²) in [6.07, 6.45) is 0. The van der Waals surface area contributed by atoms with Gasteiger partial charge in [-0.1, -0.05) is 18.2 Å². The molecule has 0 amide bonds. The molecule has 0 radical (unpaired) electrons. The molecular formula is C16H16BrNO2. The van der Waals surface area contributed by atoms with Crippen LogP contribution in [0.25, 0.3) is 0 Å². The normalized spacial score (nSPS) is 13.1. The third-order valence-electron chi connectivity index (χ3n) is 3.28. The molecule has 0 saturated heterocycles. The molecule has 0 bridgehead atoms. The van der Waals surface area contributed by atoms with E-state index in [9.17, 15) is 0 Å². The Bertz CT molecular complexity index is 628. The molecule has 3 rings (SSSR count). The Kier molecular flexibility index (Phi) is 3.83. The van der Waals surface area contributed by atoms with E-state index in [1.807, 2.05) is 18.2 Å². The second-order valence-corrected chi connectivity index (χ2v) is 5.62. The summed E-state index contributed by atoms with van der Waals surface area (Å²) in [5.74, 6) is 1.61. The van der Waals surface area contributed by atoms with E-state index in [0.29, 0.717) is 13.2 Å². The van der Waals surface area contributed by atoms with Crippen LogP contribution in [0.5, 0.6) is 11.5 Å². The molecule has 2 aromatic carbocycles. The highest BCUT2D eigenvalue weighted by atomic mass is 79.9. The first-order valence-corrected chi connectivity index (χ1v) is 7.41. The predicted octanol–water partition coefficient (Wildman–Crippen LogP) is 4.14. The highest BCUT2D eigenvalue weighted by Gasteiger charge is 2.16. The van der Waals surface area contributed by atoms with E-state index in [-0.39, 0.29) is 0 Å². The van der Waals surface area contributed by atoms with Crippen LogP contribution in [0.4, 0.5) is 5.69 Å². The quantitative estimate of drug-likeness (QED) is 0.915. The number of aryl methyl sites for hydroxylation is 1. The number of anilines is 1. The van der Waals surface area contributed by atoms with Gasteiger partial charge in [0.1, 0.15) is 13.2 Å². The van der Waals surface area contributed by atoms with Crippen molar-refractivity contribution in [3.63, 3.8) is 0 Å². The van der Waals surface area contributed by atoms with Gasteiger partial charge in [-0.25, -0.2) is 0 Å². The molecule has 104 valence electrons. The van der Waals surface area contributed by atoms with Gasteiger partial charge in [0.2, 0.25) is 0 Å². The molecule has 1 aliphatic heterocycles. The molecule has 0 aliphatic carbocycles. The van der Waals surface area contributed by atoms with Gasteiger partial charge in [-0.15, -0.1) is 0 Å². The van der Waals surface area contributed by atoms with Crippen LogP contribution in [-0.4, -0.2) is 13.2 Å². The maximum atomic E-state index is 5.64. The molecule has 4 heteroatoms. The van der Waals surface area contributed by atoms with Crippen LogP contribution in [0.3, 0.4) is 0 Å². The van der Waals surface area contributed by atoms with Gasteiger partial charge in [-0.3, -0.25) is 0 Å². The molecule has 2 aromatic rings. The zero-order chi connectivity index (χ0) is 13.9. The highest BCUT2D eigenvalue weighted by molar-refractivity contribution is 9.10. The van der Waals surface area contributed by atoms with Crippen molar-refractivity contribution in [2.45, 2.75) is 13.5 Å². The maximum absolute atomic E-state index is 5.64. The number of benzene rings is 2. The lowest BCUT2D eigenvalue weighted by Crippen LogP contribution is -2.16. The first kappa shape index (κ1) is 13.3. The molecule has 0 saturated carbocycles. The van der Waals surface area contributed by atoms with E-state index in [1.54, 1.807) is 0 Å². The maximum Gasteiger partial charge on any atom is 0.175 e. The number of para-hydroxylation sites is 1. The summed E-state index contributed by atoms with van der Waals surface area (Å²) >= 11 is 3.54. The van der Waals surface area contributed by atoms with Crippen LogP contribution in [0.1, 0.15) is 11.1 Å². The average Bonchev–Trinajstić information content (AvgIpc) is 2.46. The van der Waals surface area contributed by atoms with Crippen molar-refractivity contribution >= 4 is 21.6 Å². The lowest BCUT2D eigenvalue weighted by molar-refractivity contribution is 0.170. The number of halogens is 1. The van der Waals surface area contributed by atoms with E-state index in [0.717, 1.165) is 33.8 Å². The lowest BCUT2D eigenvalue weighted by atomic mass is 10.1. The Balaban J connectivity index is 1.78. The molecule has 0 spiro atoms. The van der Waals surface area contributed by atoms with Gasteiger partial charge in [0.25, 0.3) is 0 Å². The minimum Gasteiger partial charge on any atom is -0.486 e. The number of rotatable bonds is 3. The lowest BCUT2D eigenvalue weighted by Gasteiger charge is -2.20. The summed E-state index contributed by atoms with van der Waals surface area (Å²) in [7, 11) is 0. The summed E-state index contributed by atoms with van der Waals surface area (Å²) in [5, 5.41) is 3.45.